The molecule has 67 heavy (non-hydrogen) atoms. The standard InChI is InChI=1S/C45H56N6O16/c1-24-17-27(67-34-21-45(59,25(2)52)20-31-29(34)19-30-36(40(31)56)38(54)28-9-8-10-33(63-5)35(28)39(30)55)18-32(37(24)53)46-11-13-50(43(57)65-16-15-62-4)42-49(12-6-7-14-64-42)44(58)66-23-26-22-47-41(48(26)3)51(60)61/h8-10,19,22,24,27,32,34,37,42,46,53,56,59H,6-7,11-18,20-21,23H2,1-5H3/t24-,27-,32?,34+,37?,42?,45+/m1/s1. The van der Waals surface area contributed by atoms with Crippen molar-refractivity contribution in [1.29, 1.82) is 0 Å². The Kier molecular flexibility index (Phi) is 14.9. The molecule has 1 saturated heterocycles. The van der Waals surface area contributed by atoms with Crippen LogP contribution in [0.25, 0.3) is 0 Å². The number of phenols is 1. The molecule has 4 N–H and O–H groups in total. The van der Waals surface area contributed by atoms with E-state index in [0.29, 0.717) is 24.8 Å². The number of imidazole rings is 1. The van der Waals surface area contributed by atoms with Gasteiger partial charge in [-0.2, -0.15) is 0 Å². The number of carbonyl (C=O) groups is 5. The summed E-state index contributed by atoms with van der Waals surface area (Å²) in [7, 11) is 4.24. The monoisotopic (exact) mass is 936 g/mol. The lowest BCUT2D eigenvalue weighted by Gasteiger charge is -2.43. The van der Waals surface area contributed by atoms with Crippen LogP contribution >= 0.6 is 0 Å². The van der Waals surface area contributed by atoms with Crippen LogP contribution in [0.4, 0.5) is 15.5 Å². The average molecular weight is 937 g/mol. The van der Waals surface area contributed by atoms with Crippen molar-refractivity contribution in [2.45, 2.75) is 95.3 Å². The van der Waals surface area contributed by atoms with Gasteiger partial charge in [-0.3, -0.25) is 24.2 Å². The third-order valence-corrected chi connectivity index (χ3v) is 13.0. The second-order valence-corrected chi connectivity index (χ2v) is 17.3. The van der Waals surface area contributed by atoms with Crippen molar-refractivity contribution in [2.24, 2.45) is 13.0 Å². The van der Waals surface area contributed by atoms with Crippen molar-refractivity contribution in [2.75, 3.05) is 53.7 Å². The zero-order chi connectivity index (χ0) is 48.3. The van der Waals surface area contributed by atoms with Crippen molar-refractivity contribution in [3.63, 3.8) is 0 Å². The van der Waals surface area contributed by atoms with Gasteiger partial charge in [-0.05, 0) is 61.1 Å². The second kappa shape index (κ2) is 20.4. The van der Waals surface area contributed by atoms with E-state index in [1.54, 1.807) is 12.1 Å². The number of Topliss-reactive ketones (excluding diaryl/α,β-unsaturated/α-hetero) is 1. The van der Waals surface area contributed by atoms with Gasteiger partial charge in [0.05, 0.1) is 56.8 Å². The summed E-state index contributed by atoms with van der Waals surface area (Å²) in [6.45, 7) is 2.97. The average Bonchev–Trinajstić information content (AvgIpc) is 3.50. The number of fused-ring (bicyclic) bond motifs is 3. The number of nitro groups is 1. The van der Waals surface area contributed by atoms with Crippen LogP contribution in [0, 0.1) is 16.0 Å². The highest BCUT2D eigenvalue weighted by molar-refractivity contribution is 6.30. The molecule has 1 aromatic heterocycles. The number of benzene rings is 2. The molecule has 22 nitrogen and oxygen atoms in total. The normalized spacial score (nSPS) is 24.7. The van der Waals surface area contributed by atoms with Crippen molar-refractivity contribution in [3.05, 3.63) is 79.7 Å². The van der Waals surface area contributed by atoms with Gasteiger partial charge in [0.2, 0.25) is 6.35 Å². The van der Waals surface area contributed by atoms with Crippen molar-refractivity contribution in [3.8, 4) is 11.5 Å². The summed E-state index contributed by atoms with van der Waals surface area (Å²) >= 11 is 0. The number of methoxy groups -OCH3 is 2. The van der Waals surface area contributed by atoms with E-state index < -0.39 is 82.5 Å². The van der Waals surface area contributed by atoms with Crippen molar-refractivity contribution in [1.82, 2.24) is 24.7 Å². The zero-order valence-corrected chi connectivity index (χ0v) is 37.9. The molecule has 0 radical (unpaired) electrons. The molecule has 2 amide bonds. The van der Waals surface area contributed by atoms with E-state index in [1.807, 2.05) is 6.92 Å². The van der Waals surface area contributed by atoms with E-state index in [-0.39, 0.29) is 111 Å². The Bertz CT molecular complexity index is 2410. The van der Waals surface area contributed by atoms with Gasteiger partial charge < -0.3 is 59.2 Å². The molecule has 3 unspecified atom stereocenters. The summed E-state index contributed by atoms with van der Waals surface area (Å²) in [4.78, 5) is 85.1. The third kappa shape index (κ3) is 9.86. The molecule has 7 atom stereocenters. The summed E-state index contributed by atoms with van der Waals surface area (Å²) < 4.78 is 35.5. The lowest BCUT2D eigenvalue weighted by atomic mass is 9.72. The van der Waals surface area contributed by atoms with Crippen LogP contribution in [0.1, 0.15) is 101 Å². The SMILES string of the molecule is COCCOC(=O)N(CCNC1C[C@H](O[C@H]2C[C@](O)(C(C)=O)Cc3c2cc2c(c3O)C(=O)c3cccc(OC)c3C2=O)C[C@@H](C)C1O)C1OCCCCN1C(=O)OCc1cnc([N+](=O)[O-])n1C. The largest absolute Gasteiger partial charge is 0.507 e. The number of aliphatic hydroxyl groups is 2. The number of aromatic nitrogens is 2. The molecule has 2 heterocycles. The fourth-order valence-corrected chi connectivity index (χ4v) is 9.32. The molecule has 3 aromatic rings. The van der Waals surface area contributed by atoms with Gasteiger partial charge in [0.1, 0.15) is 29.9 Å². The minimum absolute atomic E-state index is 0.0481. The molecule has 0 spiro atoms. The number of hydrogen-bond donors (Lipinski definition) is 4. The van der Waals surface area contributed by atoms with Crippen LogP contribution in [0.5, 0.6) is 11.5 Å². The Balaban J connectivity index is 1.10. The topological polar surface area (TPSA) is 281 Å². The highest BCUT2D eigenvalue weighted by Crippen LogP contribution is 2.48. The Morgan fingerprint density at radius 1 is 1.09 bits per heavy atom. The highest BCUT2D eigenvalue weighted by Gasteiger charge is 2.48. The van der Waals surface area contributed by atoms with E-state index in [0.717, 1.165) is 0 Å². The van der Waals surface area contributed by atoms with Crippen molar-refractivity contribution < 1.29 is 72.6 Å². The van der Waals surface area contributed by atoms with Crippen LogP contribution in [-0.4, -0.2) is 153 Å². The van der Waals surface area contributed by atoms with Crippen LogP contribution in [0.15, 0.2) is 30.5 Å². The smallest absolute Gasteiger partial charge is 0.434 e. The minimum atomic E-state index is -1.98. The maximum Gasteiger partial charge on any atom is 0.434 e. The molecule has 3 aliphatic carbocycles. The number of ether oxygens (including phenoxy) is 6. The minimum Gasteiger partial charge on any atom is -0.507 e. The lowest BCUT2D eigenvalue weighted by Crippen LogP contribution is -2.57. The molecule has 2 fully saturated rings. The molecule has 7 rings (SSSR count). The number of ketones is 3. The summed E-state index contributed by atoms with van der Waals surface area (Å²) in [5.41, 5.74) is -1.49. The molecule has 362 valence electrons. The first-order valence-corrected chi connectivity index (χ1v) is 22.1. The van der Waals surface area contributed by atoms with Gasteiger partial charge in [-0.1, -0.05) is 24.0 Å². The number of carbonyl (C=O) groups excluding carboxylic acids is 5. The Morgan fingerprint density at radius 2 is 1.85 bits per heavy atom. The quantitative estimate of drug-likeness (QED) is 0.0757. The lowest BCUT2D eigenvalue weighted by molar-refractivity contribution is -0.396. The maximum absolute atomic E-state index is 14.0. The van der Waals surface area contributed by atoms with Crippen LogP contribution in [0.3, 0.4) is 0 Å². The number of aromatic hydroxyl groups is 1. The second-order valence-electron chi connectivity index (χ2n) is 17.3. The Labute approximate surface area is 385 Å². The fourth-order valence-electron chi connectivity index (χ4n) is 9.32. The van der Waals surface area contributed by atoms with Gasteiger partial charge in [-0.25, -0.2) is 14.2 Å². The predicted molar refractivity (Wildman–Crippen MR) is 231 cm³/mol. The van der Waals surface area contributed by atoms with Gasteiger partial charge in [0.15, 0.2) is 29.7 Å². The molecule has 1 saturated carbocycles. The number of hydrogen-bond acceptors (Lipinski definition) is 18. The van der Waals surface area contributed by atoms with Gasteiger partial charge in [0.25, 0.3) is 0 Å². The first-order chi connectivity index (χ1) is 32.0. The number of amides is 2. The zero-order valence-electron chi connectivity index (χ0n) is 37.9. The Morgan fingerprint density at radius 3 is 2.55 bits per heavy atom. The first-order valence-electron chi connectivity index (χ1n) is 22.1. The molecular weight excluding hydrogens is 881 g/mol. The molecular formula is C45H56N6O16. The molecule has 22 heteroatoms. The summed E-state index contributed by atoms with van der Waals surface area (Å²) in [6.07, 6.45) is -3.21. The number of phenolic OH excluding ortho intramolecular Hbond substituents is 1. The number of aliphatic hydroxyl groups excluding tert-OH is 1. The molecule has 0 bridgehead atoms. The van der Waals surface area contributed by atoms with Crippen LogP contribution in [0.2, 0.25) is 0 Å². The van der Waals surface area contributed by atoms with Gasteiger partial charge in [-0.15, -0.1) is 0 Å². The molecule has 1 aliphatic heterocycles. The summed E-state index contributed by atoms with van der Waals surface area (Å²) in [6, 6.07) is 5.44. The van der Waals surface area contributed by atoms with Gasteiger partial charge in [0, 0.05) is 62.3 Å². The fraction of sp³-hybridized carbons (Fsp3) is 0.556. The highest BCUT2D eigenvalue weighted by atomic mass is 16.6. The van der Waals surface area contributed by atoms with E-state index >= 15 is 0 Å². The summed E-state index contributed by atoms with van der Waals surface area (Å²) in [5.74, 6) is -2.86. The van der Waals surface area contributed by atoms with E-state index in [1.165, 1.54) is 60.9 Å². The predicted octanol–water partition coefficient (Wildman–Crippen LogP) is 3.08. The first kappa shape index (κ1) is 48.9. The van der Waals surface area contributed by atoms with Crippen LogP contribution in [-0.2, 0) is 48.6 Å². The van der Waals surface area contributed by atoms with Crippen LogP contribution < -0.4 is 10.1 Å². The van der Waals surface area contributed by atoms with Crippen molar-refractivity contribution >= 4 is 35.5 Å². The van der Waals surface area contributed by atoms with E-state index in [9.17, 15) is 49.4 Å². The van der Waals surface area contributed by atoms with Gasteiger partial charge >= 0.3 is 18.1 Å². The summed E-state index contributed by atoms with van der Waals surface area (Å²) in [5, 5.41) is 49.6. The third-order valence-electron chi connectivity index (χ3n) is 13.0. The van der Waals surface area contributed by atoms with E-state index in [2.05, 4.69) is 10.3 Å². The number of rotatable bonds is 15. The van der Waals surface area contributed by atoms with E-state index in [4.69, 9.17) is 28.4 Å². The number of nitrogens with one attached hydrogen (secondary N) is 1. The molecule has 2 aromatic carbocycles. The molecule has 4 aliphatic rings. The number of nitrogens with zero attached hydrogens (tertiary/aromatic N) is 5. The maximum atomic E-state index is 14.0. The Hall–Kier alpha value is -6.04.